The van der Waals surface area contributed by atoms with Gasteiger partial charge < -0.3 is 15.4 Å². The lowest BCUT2D eigenvalue weighted by molar-refractivity contribution is 0.0484. The standard InChI is InChI=1S/C25H28N2O3/c26-23(28)21-10-2-3-11-22(21)30-17-19-8-6-9-20(16-19)24(29)27-15-7-14-25(18-27)12-4-1-5-13-25/h1-4,6,8-11,16H,5,7,12-15,17-18H2,(H2,26,28). The van der Waals surface area contributed by atoms with Gasteiger partial charge in [-0.15, -0.1) is 0 Å². The molecule has 156 valence electrons. The average Bonchev–Trinajstić information content (AvgIpc) is 2.78. The van der Waals surface area contributed by atoms with Crippen LogP contribution in [0.5, 0.6) is 5.75 Å². The molecule has 1 aliphatic heterocycles. The van der Waals surface area contributed by atoms with Gasteiger partial charge in [0.05, 0.1) is 5.56 Å². The van der Waals surface area contributed by atoms with Gasteiger partial charge in [0.1, 0.15) is 12.4 Å². The number of amides is 2. The number of hydrogen-bond acceptors (Lipinski definition) is 3. The molecule has 5 nitrogen and oxygen atoms in total. The van der Waals surface area contributed by atoms with Crippen LogP contribution in [0.2, 0.25) is 0 Å². The summed E-state index contributed by atoms with van der Waals surface area (Å²) in [5.41, 5.74) is 7.58. The molecule has 0 saturated carbocycles. The summed E-state index contributed by atoms with van der Waals surface area (Å²) in [4.78, 5) is 26.8. The normalized spacial score (nSPS) is 20.9. The maximum atomic E-state index is 13.2. The minimum absolute atomic E-state index is 0.0861. The Labute approximate surface area is 177 Å². The van der Waals surface area contributed by atoms with Crippen LogP contribution in [0.1, 0.15) is 58.4 Å². The number of nitrogens with two attached hydrogens (primary N) is 1. The van der Waals surface area contributed by atoms with Gasteiger partial charge in [0, 0.05) is 18.7 Å². The third-order valence-corrected chi connectivity index (χ3v) is 6.23. The van der Waals surface area contributed by atoms with Crippen molar-refractivity contribution in [1.82, 2.24) is 4.90 Å². The molecule has 2 N–H and O–H groups in total. The van der Waals surface area contributed by atoms with Gasteiger partial charge in [0.2, 0.25) is 0 Å². The molecule has 1 fully saturated rings. The van der Waals surface area contributed by atoms with Gasteiger partial charge in [-0.25, -0.2) is 0 Å². The summed E-state index contributed by atoms with van der Waals surface area (Å²) >= 11 is 0. The van der Waals surface area contributed by atoms with E-state index in [1.807, 2.05) is 29.2 Å². The van der Waals surface area contributed by atoms with Crippen molar-refractivity contribution in [2.24, 2.45) is 11.1 Å². The Bertz CT molecular complexity index is 968. The molecule has 0 bridgehead atoms. The van der Waals surface area contributed by atoms with E-state index < -0.39 is 5.91 Å². The Morgan fingerprint density at radius 3 is 2.73 bits per heavy atom. The van der Waals surface area contributed by atoms with Crippen molar-refractivity contribution >= 4 is 11.8 Å². The van der Waals surface area contributed by atoms with Crippen LogP contribution in [-0.4, -0.2) is 29.8 Å². The SMILES string of the molecule is NC(=O)c1ccccc1OCc1cccc(C(=O)N2CCCC3(CC=CCC3)C2)c1. The molecule has 2 amide bonds. The van der Waals surface area contributed by atoms with E-state index in [4.69, 9.17) is 10.5 Å². The summed E-state index contributed by atoms with van der Waals surface area (Å²) in [6.07, 6.45) is 10.2. The number of rotatable bonds is 5. The van der Waals surface area contributed by atoms with E-state index in [0.717, 1.165) is 37.9 Å². The van der Waals surface area contributed by atoms with Crippen molar-refractivity contribution in [2.45, 2.75) is 38.7 Å². The van der Waals surface area contributed by atoms with Crippen LogP contribution in [-0.2, 0) is 6.61 Å². The van der Waals surface area contributed by atoms with Crippen LogP contribution in [0.3, 0.4) is 0 Å². The van der Waals surface area contributed by atoms with E-state index in [0.29, 0.717) is 16.9 Å². The number of nitrogens with zero attached hydrogens (tertiary/aromatic N) is 1. The highest BCUT2D eigenvalue weighted by molar-refractivity contribution is 5.95. The van der Waals surface area contributed by atoms with E-state index >= 15 is 0 Å². The van der Waals surface area contributed by atoms with Gasteiger partial charge in [0.15, 0.2) is 0 Å². The van der Waals surface area contributed by atoms with Gasteiger partial charge in [-0.1, -0.05) is 36.4 Å². The molecular weight excluding hydrogens is 376 g/mol. The molecule has 2 aliphatic rings. The summed E-state index contributed by atoms with van der Waals surface area (Å²) < 4.78 is 5.82. The number of ether oxygens (including phenoxy) is 1. The third kappa shape index (κ3) is 4.40. The lowest BCUT2D eigenvalue weighted by Crippen LogP contribution is -2.46. The number of carbonyl (C=O) groups is 2. The molecule has 1 atom stereocenters. The Hall–Kier alpha value is -3.08. The Morgan fingerprint density at radius 1 is 1.07 bits per heavy atom. The van der Waals surface area contributed by atoms with E-state index in [9.17, 15) is 9.59 Å². The average molecular weight is 405 g/mol. The zero-order valence-electron chi connectivity index (χ0n) is 17.2. The van der Waals surface area contributed by atoms with Gasteiger partial charge in [-0.2, -0.15) is 0 Å². The Balaban J connectivity index is 1.45. The fourth-order valence-corrected chi connectivity index (χ4v) is 4.63. The smallest absolute Gasteiger partial charge is 0.253 e. The first kappa shape index (κ1) is 20.2. The summed E-state index contributed by atoms with van der Waals surface area (Å²) in [7, 11) is 0. The second-order valence-corrected chi connectivity index (χ2v) is 8.39. The third-order valence-electron chi connectivity index (χ3n) is 6.23. The van der Waals surface area contributed by atoms with Gasteiger partial charge in [-0.3, -0.25) is 9.59 Å². The zero-order chi connectivity index (χ0) is 21.0. The first-order valence-corrected chi connectivity index (χ1v) is 10.6. The first-order valence-electron chi connectivity index (χ1n) is 10.6. The molecular formula is C25H28N2O3. The lowest BCUT2D eigenvalue weighted by atomic mass is 9.71. The summed E-state index contributed by atoms with van der Waals surface area (Å²) in [5, 5.41) is 0. The number of benzene rings is 2. The molecule has 0 aromatic heterocycles. The van der Waals surface area contributed by atoms with Gasteiger partial charge in [0.25, 0.3) is 11.8 Å². The van der Waals surface area contributed by atoms with Crippen LogP contribution < -0.4 is 10.5 Å². The molecule has 1 saturated heterocycles. The van der Waals surface area contributed by atoms with Crippen LogP contribution in [0.25, 0.3) is 0 Å². The van der Waals surface area contributed by atoms with Crippen LogP contribution >= 0.6 is 0 Å². The van der Waals surface area contributed by atoms with Crippen LogP contribution in [0.4, 0.5) is 0 Å². The van der Waals surface area contributed by atoms with Crippen molar-refractivity contribution in [1.29, 1.82) is 0 Å². The summed E-state index contributed by atoms with van der Waals surface area (Å²) in [6.45, 7) is 1.92. The molecule has 5 heteroatoms. The van der Waals surface area contributed by atoms with Crippen molar-refractivity contribution in [2.75, 3.05) is 13.1 Å². The van der Waals surface area contributed by atoms with E-state index in [1.54, 1.807) is 24.3 Å². The van der Waals surface area contributed by atoms with Crippen LogP contribution in [0, 0.1) is 5.41 Å². The number of allylic oxidation sites excluding steroid dienone is 2. The highest BCUT2D eigenvalue weighted by Crippen LogP contribution is 2.41. The summed E-state index contributed by atoms with van der Waals surface area (Å²) in [5.74, 6) is 0.0131. The van der Waals surface area contributed by atoms with E-state index in [2.05, 4.69) is 12.2 Å². The molecule has 2 aromatic carbocycles. The van der Waals surface area contributed by atoms with Crippen molar-refractivity contribution in [3.8, 4) is 5.75 Å². The molecule has 1 aliphatic carbocycles. The molecule has 1 unspecified atom stereocenters. The second-order valence-electron chi connectivity index (χ2n) is 8.39. The fraction of sp³-hybridized carbons (Fsp3) is 0.360. The maximum Gasteiger partial charge on any atom is 0.253 e. The van der Waals surface area contributed by atoms with Crippen molar-refractivity contribution < 1.29 is 14.3 Å². The maximum absolute atomic E-state index is 13.2. The van der Waals surface area contributed by atoms with Gasteiger partial charge >= 0.3 is 0 Å². The summed E-state index contributed by atoms with van der Waals surface area (Å²) in [6, 6.07) is 14.5. The highest BCUT2D eigenvalue weighted by atomic mass is 16.5. The minimum Gasteiger partial charge on any atom is -0.488 e. The van der Waals surface area contributed by atoms with Crippen LogP contribution in [0.15, 0.2) is 60.7 Å². The van der Waals surface area contributed by atoms with E-state index in [1.165, 1.54) is 12.8 Å². The predicted octanol–water partition coefficient (Wildman–Crippen LogP) is 4.33. The second kappa shape index (κ2) is 8.74. The minimum atomic E-state index is -0.522. The molecule has 30 heavy (non-hydrogen) atoms. The number of carbonyl (C=O) groups excluding carboxylic acids is 2. The number of para-hydroxylation sites is 1. The molecule has 2 aromatic rings. The number of piperidine rings is 1. The molecule has 4 rings (SSSR count). The molecule has 1 heterocycles. The predicted molar refractivity (Wildman–Crippen MR) is 116 cm³/mol. The van der Waals surface area contributed by atoms with Crippen molar-refractivity contribution in [3.63, 3.8) is 0 Å². The zero-order valence-corrected chi connectivity index (χ0v) is 17.2. The molecule has 1 spiro atoms. The molecule has 0 radical (unpaired) electrons. The topological polar surface area (TPSA) is 72.6 Å². The van der Waals surface area contributed by atoms with Crippen molar-refractivity contribution in [3.05, 3.63) is 77.4 Å². The number of likely N-dealkylation sites (tertiary alicyclic amines) is 1. The fourth-order valence-electron chi connectivity index (χ4n) is 4.63. The Kier molecular flexibility index (Phi) is 5.88. The first-order chi connectivity index (χ1) is 14.6. The monoisotopic (exact) mass is 404 g/mol. The van der Waals surface area contributed by atoms with Gasteiger partial charge in [-0.05, 0) is 67.3 Å². The number of primary amides is 1. The number of hydrogen-bond donors (Lipinski definition) is 1. The van der Waals surface area contributed by atoms with E-state index in [-0.39, 0.29) is 17.9 Å². The lowest BCUT2D eigenvalue weighted by Gasteiger charge is -2.44. The largest absolute Gasteiger partial charge is 0.488 e. The Morgan fingerprint density at radius 2 is 1.93 bits per heavy atom. The highest BCUT2D eigenvalue weighted by Gasteiger charge is 2.36. The quantitative estimate of drug-likeness (QED) is 0.754.